The Hall–Kier alpha value is -2.91. The number of halogens is 2. The van der Waals surface area contributed by atoms with Gasteiger partial charge in [0, 0.05) is 31.9 Å². The molecule has 184 valence electrons. The van der Waals surface area contributed by atoms with Crippen molar-refractivity contribution < 1.29 is 13.9 Å². The molecule has 1 unspecified atom stereocenters. The minimum Gasteiger partial charge on any atom is -0.493 e. The second-order valence-electron chi connectivity index (χ2n) is 9.14. The predicted molar refractivity (Wildman–Crippen MR) is 132 cm³/mol. The van der Waals surface area contributed by atoms with Crippen molar-refractivity contribution in [2.24, 2.45) is 0 Å². The lowest BCUT2D eigenvalue weighted by Crippen LogP contribution is -2.48. The van der Waals surface area contributed by atoms with Gasteiger partial charge in [0.2, 0.25) is 0 Å². The molecule has 1 aliphatic heterocycles. The maximum Gasteiger partial charge on any atom is 0.173 e. The van der Waals surface area contributed by atoms with Crippen molar-refractivity contribution in [3.8, 4) is 11.5 Å². The standard InChI is InChI=1S/C24H31FN6O2.ClH/c1-24(2,3)31-23(26-27-28-31)22(17-6-11-20(32-4)21(16-17)33-5)30-14-12-29(13-15-30)19-9-7-18(25)8-10-19;/h6-11,16,22H,12-15H2,1-5H3;1H. The van der Waals surface area contributed by atoms with E-state index in [2.05, 4.69) is 46.1 Å². The molecule has 1 saturated heterocycles. The lowest BCUT2D eigenvalue weighted by atomic mass is 10.0. The number of rotatable bonds is 6. The molecule has 0 spiro atoms. The Morgan fingerprint density at radius 1 is 0.912 bits per heavy atom. The van der Waals surface area contributed by atoms with E-state index in [1.54, 1.807) is 14.2 Å². The Morgan fingerprint density at radius 2 is 1.56 bits per heavy atom. The quantitative estimate of drug-likeness (QED) is 0.518. The molecule has 0 aliphatic carbocycles. The summed E-state index contributed by atoms with van der Waals surface area (Å²) < 4.78 is 26.3. The summed E-state index contributed by atoms with van der Waals surface area (Å²) in [5, 5.41) is 12.8. The molecule has 4 rings (SSSR count). The molecular formula is C24H32ClFN6O2. The summed E-state index contributed by atoms with van der Waals surface area (Å²) in [4.78, 5) is 4.66. The second kappa shape index (κ2) is 10.6. The van der Waals surface area contributed by atoms with E-state index in [0.29, 0.717) is 11.5 Å². The van der Waals surface area contributed by atoms with Crippen LogP contribution in [0.25, 0.3) is 0 Å². The molecule has 0 bridgehead atoms. The molecular weight excluding hydrogens is 459 g/mol. The van der Waals surface area contributed by atoms with E-state index >= 15 is 0 Å². The molecule has 1 aliphatic rings. The van der Waals surface area contributed by atoms with Crippen LogP contribution in [0.15, 0.2) is 42.5 Å². The summed E-state index contributed by atoms with van der Waals surface area (Å²) in [6.45, 7) is 9.49. The number of benzene rings is 2. The Morgan fingerprint density at radius 3 is 2.15 bits per heavy atom. The van der Waals surface area contributed by atoms with Gasteiger partial charge in [0.05, 0.1) is 25.8 Å². The Bertz CT molecular complexity index is 1080. The van der Waals surface area contributed by atoms with Gasteiger partial charge < -0.3 is 14.4 Å². The number of piperazine rings is 1. The Kier molecular flexibility index (Phi) is 7.99. The van der Waals surface area contributed by atoms with Gasteiger partial charge in [-0.15, -0.1) is 17.5 Å². The maximum absolute atomic E-state index is 13.3. The van der Waals surface area contributed by atoms with Crippen LogP contribution >= 0.6 is 12.4 Å². The molecule has 1 fully saturated rings. The van der Waals surface area contributed by atoms with Crippen LogP contribution in [0.3, 0.4) is 0 Å². The number of methoxy groups -OCH3 is 2. The minimum absolute atomic E-state index is 0. The van der Waals surface area contributed by atoms with E-state index in [1.807, 2.05) is 35.0 Å². The maximum atomic E-state index is 13.3. The Labute approximate surface area is 206 Å². The SMILES string of the molecule is COc1ccc(C(c2nnnn2C(C)(C)C)N2CCN(c3ccc(F)cc3)CC2)cc1OC.Cl. The molecule has 8 nitrogen and oxygen atoms in total. The van der Waals surface area contributed by atoms with Crippen molar-refractivity contribution in [3.05, 3.63) is 59.7 Å². The van der Waals surface area contributed by atoms with Gasteiger partial charge in [0.1, 0.15) is 5.82 Å². The van der Waals surface area contributed by atoms with E-state index in [-0.39, 0.29) is 29.8 Å². The summed E-state index contributed by atoms with van der Waals surface area (Å²) in [7, 11) is 3.27. The first-order valence-electron chi connectivity index (χ1n) is 11.1. The molecule has 2 heterocycles. The normalized spacial score (nSPS) is 15.5. The summed E-state index contributed by atoms with van der Waals surface area (Å²) in [6.07, 6.45) is 0. The number of anilines is 1. The smallest absolute Gasteiger partial charge is 0.173 e. The van der Waals surface area contributed by atoms with Crippen molar-refractivity contribution in [1.82, 2.24) is 25.1 Å². The van der Waals surface area contributed by atoms with Crippen LogP contribution in [0.2, 0.25) is 0 Å². The van der Waals surface area contributed by atoms with Crippen molar-refractivity contribution >= 4 is 18.1 Å². The highest BCUT2D eigenvalue weighted by atomic mass is 35.5. The number of nitrogens with zero attached hydrogens (tertiary/aromatic N) is 6. The van der Waals surface area contributed by atoms with Crippen LogP contribution in [0.1, 0.15) is 38.2 Å². The highest BCUT2D eigenvalue weighted by molar-refractivity contribution is 5.85. The van der Waals surface area contributed by atoms with Gasteiger partial charge in [-0.1, -0.05) is 6.07 Å². The van der Waals surface area contributed by atoms with Gasteiger partial charge in [0.15, 0.2) is 17.3 Å². The van der Waals surface area contributed by atoms with Crippen LogP contribution in [-0.4, -0.2) is 65.5 Å². The summed E-state index contributed by atoms with van der Waals surface area (Å²) in [6, 6.07) is 12.5. The molecule has 0 amide bonds. The highest BCUT2D eigenvalue weighted by Gasteiger charge is 2.33. The zero-order valence-corrected chi connectivity index (χ0v) is 21.0. The van der Waals surface area contributed by atoms with Gasteiger partial charge in [0.25, 0.3) is 0 Å². The fourth-order valence-electron chi connectivity index (χ4n) is 4.28. The molecule has 3 aromatic rings. The lowest BCUT2D eigenvalue weighted by Gasteiger charge is -2.40. The number of hydrogen-bond donors (Lipinski definition) is 0. The van der Waals surface area contributed by atoms with E-state index in [4.69, 9.17) is 9.47 Å². The first-order valence-corrected chi connectivity index (χ1v) is 11.1. The monoisotopic (exact) mass is 490 g/mol. The third-order valence-corrected chi connectivity index (χ3v) is 5.97. The molecule has 34 heavy (non-hydrogen) atoms. The van der Waals surface area contributed by atoms with Crippen molar-refractivity contribution in [2.45, 2.75) is 32.4 Å². The molecule has 0 radical (unpaired) electrons. The molecule has 0 N–H and O–H groups in total. The average Bonchev–Trinajstić information content (AvgIpc) is 3.30. The van der Waals surface area contributed by atoms with Crippen molar-refractivity contribution in [2.75, 3.05) is 45.3 Å². The molecule has 0 saturated carbocycles. The lowest BCUT2D eigenvalue weighted by molar-refractivity contribution is 0.191. The van der Waals surface area contributed by atoms with Gasteiger partial charge >= 0.3 is 0 Å². The van der Waals surface area contributed by atoms with Crippen LogP contribution in [0, 0.1) is 5.82 Å². The average molecular weight is 491 g/mol. The van der Waals surface area contributed by atoms with Gasteiger partial charge in [-0.3, -0.25) is 4.90 Å². The second-order valence-corrected chi connectivity index (χ2v) is 9.14. The molecule has 10 heteroatoms. The van der Waals surface area contributed by atoms with Crippen molar-refractivity contribution in [3.63, 3.8) is 0 Å². The van der Waals surface area contributed by atoms with Crippen LogP contribution in [0.5, 0.6) is 11.5 Å². The largest absolute Gasteiger partial charge is 0.493 e. The number of ether oxygens (including phenoxy) is 2. The van der Waals surface area contributed by atoms with E-state index in [9.17, 15) is 4.39 Å². The Balaban J connectivity index is 0.00000324. The highest BCUT2D eigenvalue weighted by Crippen LogP contribution is 2.36. The van der Waals surface area contributed by atoms with Gasteiger partial charge in [-0.25, -0.2) is 9.07 Å². The fourth-order valence-corrected chi connectivity index (χ4v) is 4.28. The van der Waals surface area contributed by atoms with Crippen LogP contribution in [0.4, 0.5) is 10.1 Å². The molecule has 1 aromatic heterocycles. The summed E-state index contributed by atoms with van der Waals surface area (Å²) in [5.74, 6) is 1.90. The van der Waals surface area contributed by atoms with E-state index in [0.717, 1.165) is 43.3 Å². The number of hydrogen-bond acceptors (Lipinski definition) is 7. The third-order valence-electron chi connectivity index (χ3n) is 5.97. The van der Waals surface area contributed by atoms with E-state index in [1.165, 1.54) is 12.1 Å². The van der Waals surface area contributed by atoms with Gasteiger partial charge in [-0.2, -0.15) is 0 Å². The summed E-state index contributed by atoms with van der Waals surface area (Å²) >= 11 is 0. The topological polar surface area (TPSA) is 68.5 Å². The van der Waals surface area contributed by atoms with E-state index < -0.39 is 0 Å². The number of aromatic nitrogens is 4. The summed E-state index contributed by atoms with van der Waals surface area (Å²) in [5.41, 5.74) is 1.78. The first kappa shape index (κ1) is 25.7. The molecule has 1 atom stereocenters. The van der Waals surface area contributed by atoms with Crippen molar-refractivity contribution in [1.29, 1.82) is 0 Å². The fraction of sp³-hybridized carbons (Fsp3) is 0.458. The predicted octanol–water partition coefficient (Wildman–Crippen LogP) is 3.92. The zero-order valence-electron chi connectivity index (χ0n) is 20.2. The van der Waals surface area contributed by atoms with Gasteiger partial charge in [-0.05, 0) is 73.2 Å². The van der Waals surface area contributed by atoms with Crippen LogP contribution < -0.4 is 14.4 Å². The minimum atomic E-state index is -0.274. The molecule has 2 aromatic carbocycles. The zero-order chi connectivity index (χ0) is 23.6. The van der Waals surface area contributed by atoms with Crippen LogP contribution in [-0.2, 0) is 5.54 Å². The number of tetrazole rings is 1. The first-order chi connectivity index (χ1) is 15.8. The third kappa shape index (κ3) is 5.26.